The quantitative estimate of drug-likeness (QED) is 0.0497. The highest BCUT2D eigenvalue weighted by atomic mass is 35.5. The summed E-state index contributed by atoms with van der Waals surface area (Å²) in [5.41, 5.74) is -6.58. The van der Waals surface area contributed by atoms with E-state index in [4.69, 9.17) is 11.6 Å². The molecule has 428 valence electrons. The molecule has 8 rings (SSSR count). The van der Waals surface area contributed by atoms with Gasteiger partial charge in [-0.3, -0.25) is 23.6 Å². The van der Waals surface area contributed by atoms with Gasteiger partial charge in [0.15, 0.2) is 21.3 Å². The largest absolute Gasteiger partial charge is 0.469 e. The molecule has 2 aliphatic carbocycles. The molecular weight excluding hydrogens is 1170 g/mol. The smallest absolute Gasteiger partial charge is 0.346 e. The zero-order chi connectivity index (χ0) is 59.2. The molecule has 2 aliphatic rings. The zero-order valence-electron chi connectivity index (χ0n) is 41.7. The number of alkyl halides is 8. The van der Waals surface area contributed by atoms with E-state index >= 15 is 8.78 Å². The summed E-state index contributed by atoms with van der Waals surface area (Å²) in [7, 11) is -13.2. The maximum Gasteiger partial charge on any atom is 0.469 e. The van der Waals surface area contributed by atoms with Gasteiger partial charge in [-0.1, -0.05) is 29.7 Å². The van der Waals surface area contributed by atoms with Gasteiger partial charge in [-0.25, -0.2) is 44.9 Å². The number of hydrogen-bond donors (Lipinski definition) is 3. The number of rotatable bonds is 15. The van der Waals surface area contributed by atoms with E-state index in [1.165, 1.54) is 26.0 Å². The number of urea groups is 1. The molecule has 3 amide bonds. The number of sulfonamides is 1. The van der Waals surface area contributed by atoms with Crippen LogP contribution >= 0.6 is 19.4 Å². The number of aromatic nitrogens is 6. The number of carbonyl (C=O) groups is 2. The van der Waals surface area contributed by atoms with Crippen LogP contribution in [0.15, 0.2) is 60.8 Å². The summed E-state index contributed by atoms with van der Waals surface area (Å²) >= 11 is 6.72. The lowest BCUT2D eigenvalue weighted by atomic mass is 9.93. The summed E-state index contributed by atoms with van der Waals surface area (Å²) < 4.78 is 216. The summed E-state index contributed by atoms with van der Waals surface area (Å²) in [6, 6.07) is 5.27. The van der Waals surface area contributed by atoms with Crippen molar-refractivity contribution in [1.82, 2.24) is 34.8 Å². The molecule has 3 atom stereocenters. The molecule has 4 aromatic heterocycles. The van der Waals surface area contributed by atoms with Gasteiger partial charge in [0, 0.05) is 53.7 Å². The second-order valence-corrected chi connectivity index (χ2v) is 25.2. The van der Waals surface area contributed by atoms with Crippen LogP contribution in [-0.2, 0) is 72.0 Å². The Labute approximate surface area is 452 Å². The van der Waals surface area contributed by atoms with Crippen LogP contribution in [-0.4, -0.2) is 98.6 Å². The van der Waals surface area contributed by atoms with E-state index in [2.05, 4.69) is 41.8 Å². The molecule has 0 spiro atoms. The average Bonchev–Trinajstić information content (AvgIpc) is 3.85. The van der Waals surface area contributed by atoms with Crippen LogP contribution in [0.1, 0.15) is 71.7 Å². The van der Waals surface area contributed by atoms with Gasteiger partial charge in [-0.15, -0.1) is 0 Å². The first-order valence-corrected chi connectivity index (χ1v) is 28.6. The molecule has 4 heterocycles. The Kier molecular flexibility index (Phi) is 15.4. The van der Waals surface area contributed by atoms with Crippen LogP contribution in [0, 0.1) is 29.4 Å². The Balaban J connectivity index is 1.36. The first-order chi connectivity index (χ1) is 36.8. The zero-order valence-corrected chi connectivity index (χ0v) is 45.0. The minimum atomic E-state index is -5.26. The molecule has 3 N–H and O–H groups in total. The summed E-state index contributed by atoms with van der Waals surface area (Å²) in [4.78, 5) is 56.5. The fourth-order valence-corrected chi connectivity index (χ4v) is 10.6. The molecule has 0 aliphatic heterocycles. The van der Waals surface area contributed by atoms with Crippen molar-refractivity contribution in [2.75, 3.05) is 28.8 Å². The van der Waals surface area contributed by atoms with Crippen LogP contribution < -0.4 is 14.5 Å². The molecule has 19 nitrogen and oxygen atoms in total. The third kappa shape index (κ3) is 12.2. The van der Waals surface area contributed by atoms with E-state index < -0.39 is 174 Å². The summed E-state index contributed by atoms with van der Waals surface area (Å²) in [6.45, 7) is -1.89. The van der Waals surface area contributed by atoms with Crippen molar-refractivity contribution in [3.63, 3.8) is 0 Å². The van der Waals surface area contributed by atoms with Gasteiger partial charge in [0.2, 0.25) is 15.9 Å². The van der Waals surface area contributed by atoms with Crippen LogP contribution in [0.2, 0.25) is 5.02 Å². The standard InChI is InChI=1S/C47H41ClF10N9O10PS2/c1-44(2,79(4,73)74)13-12-27-8-9-28(37(60-27)33(17-23-15-25(49)18-26(50)16-23)61-34(68)20-65-40-35(39(62-65)47(56,57)58)30-19-31(30)46(40,54)55)29-10-11-32(48)36-38(29)66(22-45(51,52)53)63-42(36)67(80(5,75)76)43(69)64(3)41-24(7-6-14-59-41)21-77-78(70,71)72/h6-11,14-16,18,30-31,33H,17,19-22H2,1-5H3,(H,61,68)(H2,70,71,72)/t30-,31+,33?/m0/s1. The van der Waals surface area contributed by atoms with Crippen LogP contribution in [0.25, 0.3) is 22.0 Å². The molecule has 80 heavy (non-hydrogen) atoms. The normalized spacial score (nSPS) is 16.6. The Morgan fingerprint density at radius 2 is 1.61 bits per heavy atom. The molecule has 0 bridgehead atoms. The maximum absolute atomic E-state index is 15.7. The fourth-order valence-electron chi connectivity index (χ4n) is 9.01. The molecule has 0 radical (unpaired) electrons. The van der Waals surface area contributed by atoms with E-state index in [1.54, 1.807) is 0 Å². The number of pyridine rings is 2. The average molecular weight is 1210 g/mol. The van der Waals surface area contributed by atoms with Crippen molar-refractivity contribution in [1.29, 1.82) is 0 Å². The number of nitrogens with zero attached hydrogens (tertiary/aromatic N) is 8. The topological polar surface area (TPSA) is 249 Å². The van der Waals surface area contributed by atoms with E-state index in [-0.39, 0.29) is 42.5 Å². The number of anilines is 2. The van der Waals surface area contributed by atoms with Gasteiger partial charge in [-0.05, 0) is 80.5 Å². The number of halogens is 11. The lowest BCUT2D eigenvalue weighted by Gasteiger charge is -2.26. The van der Waals surface area contributed by atoms with Crippen molar-refractivity contribution >= 4 is 73.8 Å². The molecule has 1 unspecified atom stereocenters. The first-order valence-electron chi connectivity index (χ1n) is 23.0. The fraction of sp³-hybridized carbons (Fsp3) is 0.362. The number of carbonyl (C=O) groups excluding carboxylic acids is 2. The number of phosphoric ester groups is 1. The minimum Gasteiger partial charge on any atom is -0.346 e. The van der Waals surface area contributed by atoms with Crippen LogP contribution in [0.3, 0.4) is 0 Å². The highest BCUT2D eigenvalue weighted by molar-refractivity contribution is 7.93. The molecule has 2 aromatic carbocycles. The van der Waals surface area contributed by atoms with Crippen molar-refractivity contribution in [2.45, 2.75) is 81.4 Å². The number of hydrogen-bond acceptors (Lipinski definition) is 12. The van der Waals surface area contributed by atoms with Crippen molar-refractivity contribution < 1.29 is 89.2 Å². The summed E-state index contributed by atoms with van der Waals surface area (Å²) in [5.74, 6) is -6.86. The molecule has 1 fully saturated rings. The molecular formula is C47H41ClF10N9O10PS2. The second kappa shape index (κ2) is 20.7. The first kappa shape index (κ1) is 59.4. The van der Waals surface area contributed by atoms with Gasteiger partial charge in [0.1, 0.15) is 46.7 Å². The number of benzene rings is 2. The van der Waals surface area contributed by atoms with E-state index in [9.17, 15) is 75.9 Å². The predicted molar refractivity (Wildman–Crippen MR) is 265 cm³/mol. The second-order valence-electron chi connectivity index (χ2n) is 19.1. The lowest BCUT2D eigenvalue weighted by Crippen LogP contribution is -2.45. The van der Waals surface area contributed by atoms with Gasteiger partial charge in [-0.2, -0.15) is 49.6 Å². The van der Waals surface area contributed by atoms with Gasteiger partial charge < -0.3 is 15.1 Å². The van der Waals surface area contributed by atoms with Gasteiger partial charge in [0.25, 0.3) is 5.92 Å². The third-order valence-corrected chi connectivity index (χ3v) is 16.6. The monoisotopic (exact) mass is 1210 g/mol. The molecule has 33 heteroatoms. The Hall–Kier alpha value is -6.68. The third-order valence-electron chi connectivity index (χ3n) is 12.9. The maximum atomic E-state index is 15.7. The number of sulfone groups is 1. The summed E-state index contributed by atoms with van der Waals surface area (Å²) in [5, 5.41) is 8.47. The van der Waals surface area contributed by atoms with Crippen molar-refractivity contribution in [3.05, 3.63) is 117 Å². The molecule has 6 aromatic rings. The van der Waals surface area contributed by atoms with E-state index in [0.29, 0.717) is 17.2 Å². The lowest BCUT2D eigenvalue weighted by molar-refractivity contribution is -0.143. The van der Waals surface area contributed by atoms with E-state index in [0.717, 1.165) is 55.9 Å². The SMILES string of the molecule is CN(C(=O)N(c1nn(CC(F)(F)F)c2c(-c3ccc(C#CC(C)(C)S(C)(=O)=O)nc3C(Cc3cc(F)cc(F)c3)NC(=O)Cn3nc(C(F)(F)F)c4c3C(F)(F)[C@@H]3C[C@H]43)ccc(Cl)c12)S(C)(=O)=O)c1ncccc1COP(=O)(O)O. The van der Waals surface area contributed by atoms with Crippen molar-refractivity contribution in [3.8, 4) is 23.0 Å². The van der Waals surface area contributed by atoms with Crippen LogP contribution in [0.4, 0.5) is 60.3 Å². The van der Waals surface area contributed by atoms with Crippen LogP contribution in [0.5, 0.6) is 0 Å². The number of nitrogens with one attached hydrogen (secondary N) is 1. The minimum absolute atomic E-state index is 0.0632. The van der Waals surface area contributed by atoms with Gasteiger partial charge >= 0.3 is 26.2 Å². The highest BCUT2D eigenvalue weighted by Crippen LogP contribution is 2.68. The Morgan fingerprint density at radius 3 is 2.21 bits per heavy atom. The van der Waals surface area contributed by atoms with Crippen molar-refractivity contribution in [2.24, 2.45) is 5.92 Å². The van der Waals surface area contributed by atoms with E-state index in [1.807, 2.05) is 0 Å². The molecule has 1 saturated carbocycles. The predicted octanol–water partition coefficient (Wildman–Crippen LogP) is 8.32. The summed E-state index contributed by atoms with van der Waals surface area (Å²) in [6.07, 6.45) is -9.14. The Bertz CT molecular complexity index is 3860. The number of fused-ring (bicyclic) bond motifs is 4. The highest BCUT2D eigenvalue weighted by Gasteiger charge is 2.68. The number of amides is 3. The molecule has 0 saturated heterocycles. The van der Waals surface area contributed by atoms with Gasteiger partial charge in [0.05, 0.1) is 40.5 Å². The number of phosphoric acid groups is 1. The Morgan fingerprint density at radius 1 is 0.963 bits per heavy atom.